The fourth-order valence-electron chi connectivity index (χ4n) is 3.47. The molecule has 1 fully saturated rings. The first kappa shape index (κ1) is 13.8. The average molecular weight is 274 g/mol. The van der Waals surface area contributed by atoms with Crippen molar-refractivity contribution in [1.29, 1.82) is 0 Å². The Labute approximate surface area is 112 Å². The first-order chi connectivity index (χ1) is 8.12. The van der Waals surface area contributed by atoms with Gasteiger partial charge in [-0.05, 0) is 29.4 Å². The molecular weight excluding hydrogens is 256 g/mol. The van der Waals surface area contributed by atoms with Crippen LogP contribution in [0.5, 0.6) is 0 Å². The van der Waals surface area contributed by atoms with E-state index in [0.717, 1.165) is 37.1 Å². The number of hydrogen-bond donors (Lipinski definition) is 1. The third-order valence-corrected chi connectivity index (χ3v) is 4.52. The largest absolute Gasteiger partial charge is 0.316 e. The average Bonchev–Trinajstić information content (AvgIpc) is 2.70. The van der Waals surface area contributed by atoms with Gasteiger partial charge in [-0.1, -0.05) is 25.1 Å². The summed E-state index contributed by atoms with van der Waals surface area (Å²) >= 11 is 0. The van der Waals surface area contributed by atoms with Gasteiger partial charge in [0.1, 0.15) is 0 Å². The minimum absolute atomic E-state index is 0. The van der Waals surface area contributed by atoms with E-state index in [0.29, 0.717) is 5.92 Å². The third kappa shape index (κ3) is 1.94. The molecule has 2 unspecified atom stereocenters. The lowest BCUT2D eigenvalue weighted by atomic mass is 9.66. The van der Waals surface area contributed by atoms with Crippen LogP contribution in [0.3, 0.4) is 0 Å². The van der Waals surface area contributed by atoms with Gasteiger partial charge in [0.05, 0.1) is 0 Å². The minimum Gasteiger partial charge on any atom is -0.316 e. The second-order valence-corrected chi connectivity index (χ2v) is 5.55. The lowest BCUT2D eigenvalue weighted by Crippen LogP contribution is -2.30. The highest BCUT2D eigenvalue weighted by Gasteiger charge is 2.43. The number of alkyl halides is 2. The molecule has 0 saturated carbocycles. The quantitative estimate of drug-likeness (QED) is 0.823. The van der Waals surface area contributed by atoms with Gasteiger partial charge in [-0.2, -0.15) is 0 Å². The summed E-state index contributed by atoms with van der Waals surface area (Å²) in [5.74, 6) is 0.407. The summed E-state index contributed by atoms with van der Waals surface area (Å²) in [6.45, 7) is 4.21. The lowest BCUT2D eigenvalue weighted by Gasteiger charge is -2.37. The van der Waals surface area contributed by atoms with E-state index in [1.807, 2.05) is 6.07 Å². The van der Waals surface area contributed by atoms with Crippen LogP contribution in [0, 0.1) is 5.41 Å². The van der Waals surface area contributed by atoms with Crippen molar-refractivity contribution in [1.82, 2.24) is 5.32 Å². The Kier molecular flexibility index (Phi) is 3.65. The summed E-state index contributed by atoms with van der Waals surface area (Å²) in [5.41, 5.74) is 2.57. The Morgan fingerprint density at radius 2 is 2.17 bits per heavy atom. The van der Waals surface area contributed by atoms with Crippen LogP contribution in [-0.4, -0.2) is 13.1 Å². The predicted molar refractivity (Wildman–Crippen MR) is 70.7 cm³/mol. The molecule has 3 rings (SSSR count). The summed E-state index contributed by atoms with van der Waals surface area (Å²) in [6.07, 6.45) is -0.532. The van der Waals surface area contributed by atoms with Crippen LogP contribution in [0.25, 0.3) is 0 Å². The van der Waals surface area contributed by atoms with Gasteiger partial charge in [-0.15, -0.1) is 12.4 Å². The second-order valence-electron chi connectivity index (χ2n) is 5.55. The predicted octanol–water partition coefficient (Wildman–Crippen LogP) is 3.69. The maximum Gasteiger partial charge on any atom is 0.264 e. The maximum atomic E-state index is 13.0. The molecule has 0 amide bonds. The molecular formula is C14H18ClF2N. The molecule has 1 saturated heterocycles. The second kappa shape index (κ2) is 4.78. The van der Waals surface area contributed by atoms with E-state index in [9.17, 15) is 8.78 Å². The fraction of sp³-hybridized carbons (Fsp3) is 0.571. The lowest BCUT2D eigenvalue weighted by molar-refractivity contribution is 0.148. The smallest absolute Gasteiger partial charge is 0.264 e. The molecule has 2 atom stereocenters. The number of nitrogens with one attached hydrogen (secondary N) is 1. The normalized spacial score (nSPS) is 29.7. The molecule has 0 radical (unpaired) electrons. The zero-order valence-electron chi connectivity index (χ0n) is 10.4. The van der Waals surface area contributed by atoms with Crippen molar-refractivity contribution in [3.8, 4) is 0 Å². The molecule has 1 aromatic carbocycles. The van der Waals surface area contributed by atoms with Gasteiger partial charge in [-0.25, -0.2) is 8.78 Å². The van der Waals surface area contributed by atoms with Crippen LogP contribution in [0.4, 0.5) is 8.78 Å². The van der Waals surface area contributed by atoms with E-state index < -0.39 is 6.43 Å². The summed E-state index contributed by atoms with van der Waals surface area (Å²) in [6, 6.07) is 5.40. The molecule has 1 heterocycles. The number of halogens is 3. The molecule has 1 aliphatic carbocycles. The molecule has 0 aromatic heterocycles. The Morgan fingerprint density at radius 3 is 2.89 bits per heavy atom. The van der Waals surface area contributed by atoms with Crippen molar-refractivity contribution in [2.45, 2.75) is 32.1 Å². The van der Waals surface area contributed by atoms with Crippen molar-refractivity contribution in [2.24, 2.45) is 5.41 Å². The van der Waals surface area contributed by atoms with Crippen molar-refractivity contribution in [3.63, 3.8) is 0 Å². The molecule has 1 aromatic rings. The number of fused-ring (bicyclic) bond motifs is 3. The van der Waals surface area contributed by atoms with Gasteiger partial charge < -0.3 is 5.32 Å². The number of hydrogen-bond acceptors (Lipinski definition) is 1. The van der Waals surface area contributed by atoms with E-state index in [1.165, 1.54) is 0 Å². The van der Waals surface area contributed by atoms with E-state index in [1.54, 1.807) is 12.1 Å². The topological polar surface area (TPSA) is 12.0 Å². The molecule has 1 N–H and O–H groups in total. The van der Waals surface area contributed by atoms with Gasteiger partial charge in [0, 0.05) is 24.6 Å². The fourth-order valence-corrected chi connectivity index (χ4v) is 3.47. The van der Waals surface area contributed by atoms with E-state index in [-0.39, 0.29) is 23.4 Å². The minimum atomic E-state index is -2.34. The zero-order chi connectivity index (χ0) is 12.0. The standard InChI is InChI=1S/C14H17F2N.ClH/c1-14-6-5-9-10(12(14)7-17-8-14)3-2-4-11(9)13(15)16;/h2-4,12-13,17H,5-8H2,1H3;1H. The number of rotatable bonds is 1. The van der Waals surface area contributed by atoms with Gasteiger partial charge in [0.15, 0.2) is 0 Å². The molecule has 18 heavy (non-hydrogen) atoms. The van der Waals surface area contributed by atoms with Gasteiger partial charge >= 0.3 is 0 Å². The summed E-state index contributed by atoms with van der Waals surface area (Å²) in [5, 5.41) is 3.41. The summed E-state index contributed by atoms with van der Waals surface area (Å²) < 4.78 is 26.0. The van der Waals surface area contributed by atoms with Crippen molar-refractivity contribution in [2.75, 3.05) is 13.1 Å². The molecule has 0 bridgehead atoms. The van der Waals surface area contributed by atoms with Crippen molar-refractivity contribution < 1.29 is 8.78 Å². The van der Waals surface area contributed by atoms with E-state index in [2.05, 4.69) is 12.2 Å². The highest BCUT2D eigenvalue weighted by atomic mass is 35.5. The highest BCUT2D eigenvalue weighted by molar-refractivity contribution is 5.85. The molecule has 1 aliphatic heterocycles. The van der Waals surface area contributed by atoms with Crippen LogP contribution in [0.1, 0.15) is 42.4 Å². The van der Waals surface area contributed by atoms with E-state index in [4.69, 9.17) is 0 Å². The molecule has 2 aliphatic rings. The molecule has 1 nitrogen and oxygen atoms in total. The Morgan fingerprint density at radius 1 is 1.39 bits per heavy atom. The molecule has 4 heteroatoms. The molecule has 100 valence electrons. The highest BCUT2D eigenvalue weighted by Crippen LogP contribution is 2.48. The number of benzene rings is 1. The first-order valence-corrected chi connectivity index (χ1v) is 6.22. The Balaban J connectivity index is 0.00000120. The first-order valence-electron chi connectivity index (χ1n) is 6.22. The summed E-state index contributed by atoms with van der Waals surface area (Å²) in [4.78, 5) is 0. The van der Waals surface area contributed by atoms with Gasteiger partial charge in [-0.3, -0.25) is 0 Å². The Bertz CT molecular complexity index is 449. The Hall–Kier alpha value is -0.670. The van der Waals surface area contributed by atoms with Crippen LogP contribution < -0.4 is 5.32 Å². The van der Waals surface area contributed by atoms with E-state index >= 15 is 0 Å². The van der Waals surface area contributed by atoms with Crippen molar-refractivity contribution in [3.05, 3.63) is 34.9 Å². The zero-order valence-corrected chi connectivity index (χ0v) is 11.2. The van der Waals surface area contributed by atoms with Gasteiger partial charge in [0.25, 0.3) is 6.43 Å². The van der Waals surface area contributed by atoms with Gasteiger partial charge in [0.2, 0.25) is 0 Å². The maximum absolute atomic E-state index is 13.0. The summed E-state index contributed by atoms with van der Waals surface area (Å²) in [7, 11) is 0. The van der Waals surface area contributed by atoms with Crippen LogP contribution in [-0.2, 0) is 6.42 Å². The third-order valence-electron chi connectivity index (χ3n) is 4.52. The SMILES string of the molecule is CC12CCc3c(C(F)F)cccc3C1CNC2.Cl. The van der Waals surface area contributed by atoms with Crippen LogP contribution >= 0.6 is 12.4 Å². The monoisotopic (exact) mass is 273 g/mol. The molecule has 0 spiro atoms. The van der Waals surface area contributed by atoms with Crippen LogP contribution in [0.2, 0.25) is 0 Å². The van der Waals surface area contributed by atoms with Crippen molar-refractivity contribution >= 4 is 12.4 Å². The van der Waals surface area contributed by atoms with Crippen LogP contribution in [0.15, 0.2) is 18.2 Å².